The van der Waals surface area contributed by atoms with Gasteiger partial charge in [0.05, 0.1) is 6.61 Å². The molecular formula is C24H24N4O6. The number of methoxy groups -OCH3 is 1. The van der Waals surface area contributed by atoms with Gasteiger partial charge in [0.1, 0.15) is 18.2 Å². The lowest BCUT2D eigenvalue weighted by atomic mass is 9.98. The first kappa shape index (κ1) is 23.0. The summed E-state index contributed by atoms with van der Waals surface area (Å²) < 4.78 is 11.8. The highest BCUT2D eigenvalue weighted by atomic mass is 16.5. The van der Waals surface area contributed by atoms with Crippen molar-refractivity contribution in [2.24, 2.45) is 7.05 Å². The van der Waals surface area contributed by atoms with Crippen LogP contribution < -0.4 is 10.6 Å². The molecule has 0 saturated heterocycles. The Labute approximate surface area is 195 Å². The van der Waals surface area contributed by atoms with Gasteiger partial charge >= 0.3 is 12.1 Å². The SMILES string of the molecule is COC[C@H](NC(=O)OCC1c2ccccc2-c2ccccc21)C(=O)Nc1nn(C)cc1C(=O)O. The first-order valence-corrected chi connectivity index (χ1v) is 10.6. The highest BCUT2D eigenvalue weighted by Crippen LogP contribution is 2.44. The number of hydrogen-bond acceptors (Lipinski definition) is 6. The second-order valence-electron chi connectivity index (χ2n) is 7.84. The van der Waals surface area contributed by atoms with Crippen LogP contribution in [0, 0.1) is 0 Å². The molecule has 0 unspecified atom stereocenters. The predicted octanol–water partition coefficient (Wildman–Crippen LogP) is 2.61. The van der Waals surface area contributed by atoms with Crippen molar-refractivity contribution in [1.29, 1.82) is 0 Å². The minimum Gasteiger partial charge on any atom is -0.477 e. The molecule has 0 aliphatic heterocycles. The molecule has 1 aliphatic rings. The third-order valence-electron chi connectivity index (χ3n) is 5.59. The number of aromatic carboxylic acids is 1. The van der Waals surface area contributed by atoms with Crippen LogP contribution in [0.4, 0.5) is 10.6 Å². The minimum absolute atomic E-state index is 0.0879. The Bertz CT molecular complexity index is 1190. The Morgan fingerprint density at radius 3 is 2.29 bits per heavy atom. The number of amides is 2. The van der Waals surface area contributed by atoms with E-state index in [0.717, 1.165) is 22.3 Å². The van der Waals surface area contributed by atoms with E-state index in [1.807, 2.05) is 48.5 Å². The van der Waals surface area contributed by atoms with Crippen molar-refractivity contribution in [3.05, 3.63) is 71.4 Å². The van der Waals surface area contributed by atoms with Crippen LogP contribution in [0.15, 0.2) is 54.7 Å². The van der Waals surface area contributed by atoms with Crippen LogP contribution in [-0.4, -0.2) is 59.2 Å². The Morgan fingerprint density at radius 2 is 1.71 bits per heavy atom. The van der Waals surface area contributed by atoms with E-state index in [-0.39, 0.29) is 30.5 Å². The quantitative estimate of drug-likeness (QED) is 0.467. The number of aromatic nitrogens is 2. The van der Waals surface area contributed by atoms with Crippen molar-refractivity contribution in [3.63, 3.8) is 0 Å². The predicted molar refractivity (Wildman–Crippen MR) is 123 cm³/mol. The van der Waals surface area contributed by atoms with E-state index in [4.69, 9.17) is 9.47 Å². The molecule has 176 valence electrons. The maximum Gasteiger partial charge on any atom is 0.407 e. The van der Waals surface area contributed by atoms with E-state index in [1.165, 1.54) is 25.0 Å². The van der Waals surface area contributed by atoms with Crippen molar-refractivity contribution in [3.8, 4) is 11.1 Å². The Hall–Kier alpha value is -4.18. The third kappa shape index (κ3) is 4.62. The van der Waals surface area contributed by atoms with Gasteiger partial charge in [-0.3, -0.25) is 9.48 Å². The highest BCUT2D eigenvalue weighted by molar-refractivity contribution is 6.01. The molecule has 2 aromatic carbocycles. The van der Waals surface area contributed by atoms with Gasteiger partial charge in [0.15, 0.2) is 5.82 Å². The molecule has 0 bridgehead atoms. The van der Waals surface area contributed by atoms with Crippen molar-refractivity contribution in [2.45, 2.75) is 12.0 Å². The number of rotatable bonds is 8. The van der Waals surface area contributed by atoms with E-state index in [9.17, 15) is 19.5 Å². The molecule has 0 radical (unpaired) electrons. The van der Waals surface area contributed by atoms with E-state index in [1.54, 1.807) is 0 Å². The van der Waals surface area contributed by atoms with Gasteiger partial charge in [-0.15, -0.1) is 0 Å². The molecule has 1 atom stereocenters. The molecule has 1 aliphatic carbocycles. The number of hydrogen-bond donors (Lipinski definition) is 3. The van der Waals surface area contributed by atoms with Crippen LogP contribution in [0.1, 0.15) is 27.4 Å². The zero-order chi connectivity index (χ0) is 24.2. The first-order valence-electron chi connectivity index (χ1n) is 10.6. The molecule has 0 spiro atoms. The summed E-state index contributed by atoms with van der Waals surface area (Å²) >= 11 is 0. The Balaban J connectivity index is 1.42. The van der Waals surface area contributed by atoms with Crippen molar-refractivity contribution >= 4 is 23.8 Å². The van der Waals surface area contributed by atoms with Gasteiger partial charge in [-0.05, 0) is 22.3 Å². The molecule has 0 fully saturated rings. The molecule has 1 aromatic heterocycles. The monoisotopic (exact) mass is 464 g/mol. The van der Waals surface area contributed by atoms with E-state index < -0.39 is 24.0 Å². The lowest BCUT2D eigenvalue weighted by Gasteiger charge is -2.19. The molecule has 10 heteroatoms. The second-order valence-corrected chi connectivity index (χ2v) is 7.84. The molecule has 0 saturated carbocycles. The fraction of sp³-hybridized carbons (Fsp3) is 0.250. The third-order valence-corrected chi connectivity index (χ3v) is 5.59. The average Bonchev–Trinajstić information content (AvgIpc) is 3.35. The van der Waals surface area contributed by atoms with Crippen LogP contribution in [-0.2, 0) is 21.3 Å². The zero-order valence-corrected chi connectivity index (χ0v) is 18.6. The standard InChI is InChI=1S/C24H24N4O6/c1-28-11-18(23(30)31)21(27-28)26-22(29)20(13-33-2)25-24(32)34-12-19-16-9-5-3-7-14(16)15-8-4-6-10-17(15)19/h3-11,19-20H,12-13H2,1-2H3,(H,25,32)(H,30,31)(H,26,27,29)/t20-/m0/s1. The summed E-state index contributed by atoms with van der Waals surface area (Å²) in [4.78, 5) is 36.6. The van der Waals surface area contributed by atoms with Crippen molar-refractivity contribution in [2.75, 3.05) is 25.6 Å². The van der Waals surface area contributed by atoms with E-state index >= 15 is 0 Å². The number of carboxylic acids is 1. The molecule has 4 rings (SSSR count). The Morgan fingerprint density at radius 1 is 1.09 bits per heavy atom. The van der Waals surface area contributed by atoms with Gasteiger partial charge < -0.3 is 25.2 Å². The maximum atomic E-state index is 12.7. The minimum atomic E-state index is -1.24. The average molecular weight is 464 g/mol. The van der Waals surface area contributed by atoms with Crippen LogP contribution in [0.2, 0.25) is 0 Å². The topological polar surface area (TPSA) is 132 Å². The van der Waals surface area contributed by atoms with E-state index in [0.29, 0.717) is 0 Å². The van der Waals surface area contributed by atoms with Gasteiger partial charge in [-0.25, -0.2) is 9.59 Å². The number of ether oxygens (including phenoxy) is 2. The zero-order valence-electron chi connectivity index (χ0n) is 18.6. The van der Waals surface area contributed by atoms with Gasteiger partial charge in [0, 0.05) is 26.3 Å². The number of fused-ring (bicyclic) bond motifs is 3. The smallest absolute Gasteiger partial charge is 0.407 e. The summed E-state index contributed by atoms with van der Waals surface area (Å²) in [5, 5.41) is 18.1. The lowest BCUT2D eigenvalue weighted by Crippen LogP contribution is -2.47. The molecule has 3 aromatic rings. The van der Waals surface area contributed by atoms with Gasteiger partial charge in [-0.1, -0.05) is 48.5 Å². The number of carbonyl (C=O) groups is 3. The van der Waals surface area contributed by atoms with Gasteiger partial charge in [0.2, 0.25) is 0 Å². The number of nitrogens with one attached hydrogen (secondary N) is 2. The van der Waals surface area contributed by atoms with Gasteiger partial charge in [0.25, 0.3) is 5.91 Å². The number of benzene rings is 2. The number of nitrogens with zero attached hydrogens (tertiary/aromatic N) is 2. The number of carbonyl (C=O) groups excluding carboxylic acids is 2. The van der Waals surface area contributed by atoms with Crippen LogP contribution in [0.5, 0.6) is 0 Å². The van der Waals surface area contributed by atoms with Crippen LogP contribution >= 0.6 is 0 Å². The summed E-state index contributed by atoms with van der Waals surface area (Å²) in [6.45, 7) is -0.0597. The second kappa shape index (κ2) is 9.75. The molecule has 10 nitrogen and oxygen atoms in total. The fourth-order valence-corrected chi connectivity index (χ4v) is 4.07. The summed E-state index contributed by atoms with van der Waals surface area (Å²) in [7, 11) is 2.91. The van der Waals surface area contributed by atoms with Crippen LogP contribution in [0.3, 0.4) is 0 Å². The normalized spacial score (nSPS) is 13.0. The van der Waals surface area contributed by atoms with Crippen molar-refractivity contribution in [1.82, 2.24) is 15.1 Å². The lowest BCUT2D eigenvalue weighted by molar-refractivity contribution is -0.119. The number of alkyl carbamates (subject to hydrolysis) is 1. The molecule has 34 heavy (non-hydrogen) atoms. The van der Waals surface area contributed by atoms with Crippen LogP contribution in [0.25, 0.3) is 11.1 Å². The first-order chi connectivity index (χ1) is 16.4. The van der Waals surface area contributed by atoms with Crippen molar-refractivity contribution < 1.29 is 29.0 Å². The van der Waals surface area contributed by atoms with Gasteiger partial charge in [-0.2, -0.15) is 5.10 Å². The summed E-state index contributed by atoms with van der Waals surface area (Å²) in [5.74, 6) is -2.18. The Kier molecular flexibility index (Phi) is 6.60. The highest BCUT2D eigenvalue weighted by Gasteiger charge is 2.30. The molecule has 2 amide bonds. The maximum absolute atomic E-state index is 12.7. The molecule has 1 heterocycles. The fourth-order valence-electron chi connectivity index (χ4n) is 4.07. The van der Waals surface area contributed by atoms with E-state index in [2.05, 4.69) is 15.7 Å². The number of anilines is 1. The summed E-state index contributed by atoms with van der Waals surface area (Å²) in [6, 6.07) is 14.8. The molecular weight excluding hydrogens is 440 g/mol. The summed E-state index contributed by atoms with van der Waals surface area (Å²) in [6.07, 6.45) is 0.473. The largest absolute Gasteiger partial charge is 0.477 e. The number of carboxylic acid groups (broad SMARTS) is 1. The number of aryl methyl sites for hydroxylation is 1. The summed E-state index contributed by atoms with van der Waals surface area (Å²) in [5.41, 5.74) is 4.17. The molecule has 3 N–H and O–H groups in total.